The molecule has 0 saturated carbocycles. The summed E-state index contributed by atoms with van der Waals surface area (Å²) in [6.45, 7) is 2.26. The molecular weight excluding hydrogens is 504 g/mol. The highest BCUT2D eigenvalue weighted by atomic mass is 32.2. The summed E-state index contributed by atoms with van der Waals surface area (Å²) in [7, 11) is 0.124. The minimum Gasteiger partial charge on any atom is -0.481 e. The number of anilines is 1. The molecule has 1 atom stereocenters. The van der Waals surface area contributed by atoms with Gasteiger partial charge in [-0.1, -0.05) is 6.07 Å². The summed E-state index contributed by atoms with van der Waals surface area (Å²) in [4.78, 5) is 18.8. The maximum Gasteiger partial charge on any atom is 0.333 e. The van der Waals surface area contributed by atoms with Crippen molar-refractivity contribution in [3.05, 3.63) is 52.7 Å². The molecule has 12 heteroatoms. The number of likely N-dealkylation sites (N-methyl/N-ethyl adjacent to an activating group) is 2. The molecule has 1 aliphatic heterocycles. The first-order chi connectivity index (χ1) is 17.5. The molecule has 37 heavy (non-hydrogen) atoms. The first-order valence-electron chi connectivity index (χ1n) is 11.9. The number of rotatable bonds is 6. The lowest BCUT2D eigenvalue weighted by molar-refractivity contribution is 0.212. The van der Waals surface area contributed by atoms with Crippen LogP contribution >= 0.6 is 0 Å². The summed E-state index contributed by atoms with van der Waals surface area (Å²) >= 11 is 0. The summed E-state index contributed by atoms with van der Waals surface area (Å²) in [6, 6.07) is 3.97. The number of urea groups is 1. The number of aromatic nitrogens is 1. The third-order valence-electron chi connectivity index (χ3n) is 6.92. The van der Waals surface area contributed by atoms with Gasteiger partial charge in [-0.3, -0.25) is 0 Å². The van der Waals surface area contributed by atoms with Crippen molar-refractivity contribution in [1.82, 2.24) is 18.9 Å². The predicted octanol–water partition coefficient (Wildman–Crippen LogP) is 3.71. The van der Waals surface area contributed by atoms with Crippen LogP contribution < -0.4 is 14.8 Å². The van der Waals surface area contributed by atoms with E-state index in [9.17, 15) is 22.0 Å². The molecule has 0 bridgehead atoms. The SMILES string of the molecule is COc1cc(-c2c(C)cc3c(c2NC(=O)NS(=O)(=O)N(C)C2CC(=C(F)F)CN(C)C2)CCC3)ccn1. The van der Waals surface area contributed by atoms with Crippen LogP contribution in [-0.4, -0.2) is 69.0 Å². The zero-order valence-electron chi connectivity index (χ0n) is 21.3. The average molecular weight is 536 g/mol. The number of piperidine rings is 1. The average Bonchev–Trinajstić information content (AvgIpc) is 3.31. The molecule has 1 saturated heterocycles. The van der Waals surface area contributed by atoms with Crippen molar-refractivity contribution < 1.29 is 26.7 Å². The number of amides is 2. The minimum atomic E-state index is -4.32. The van der Waals surface area contributed by atoms with E-state index in [4.69, 9.17) is 4.74 Å². The monoisotopic (exact) mass is 535 g/mol. The molecule has 200 valence electrons. The Hall–Kier alpha value is -3.09. The predicted molar refractivity (Wildman–Crippen MR) is 137 cm³/mol. The van der Waals surface area contributed by atoms with Crippen LogP contribution in [0.2, 0.25) is 0 Å². The second-order valence-corrected chi connectivity index (χ2v) is 11.2. The van der Waals surface area contributed by atoms with Gasteiger partial charge < -0.3 is 15.0 Å². The third kappa shape index (κ3) is 5.76. The fourth-order valence-electron chi connectivity index (χ4n) is 5.15. The molecule has 2 aliphatic rings. The zero-order valence-corrected chi connectivity index (χ0v) is 22.1. The van der Waals surface area contributed by atoms with E-state index >= 15 is 0 Å². The third-order valence-corrected chi connectivity index (χ3v) is 8.42. The van der Waals surface area contributed by atoms with Gasteiger partial charge in [0.25, 0.3) is 6.08 Å². The zero-order chi connectivity index (χ0) is 26.9. The number of fused-ring (bicyclic) bond motifs is 1. The molecule has 0 spiro atoms. The Labute approximate surface area is 215 Å². The van der Waals surface area contributed by atoms with E-state index in [1.165, 1.54) is 14.2 Å². The standard InChI is InChI=1S/C25H31F2N5O4S/c1-15-10-16-6-5-7-20(16)23(22(15)17-8-9-28-21(12-17)36-4)29-25(33)30-37(34,35)32(3)19-11-18(24(26)27)13-31(2)14-19/h8-10,12,19H,5-7,11,13-14H2,1-4H3,(H2,29,30,33). The summed E-state index contributed by atoms with van der Waals surface area (Å²) in [5.74, 6) is 0.410. The first kappa shape index (κ1) is 27.0. The highest BCUT2D eigenvalue weighted by Crippen LogP contribution is 2.40. The Morgan fingerprint density at radius 1 is 1.27 bits per heavy atom. The lowest BCUT2D eigenvalue weighted by Gasteiger charge is -2.35. The number of ether oxygens (including phenoxy) is 1. The molecule has 9 nitrogen and oxygen atoms in total. The molecule has 2 heterocycles. The number of benzene rings is 1. The first-order valence-corrected chi connectivity index (χ1v) is 13.4. The van der Waals surface area contributed by atoms with E-state index in [0.29, 0.717) is 11.6 Å². The highest BCUT2D eigenvalue weighted by Gasteiger charge is 2.34. The van der Waals surface area contributed by atoms with Crippen LogP contribution in [0.1, 0.15) is 29.5 Å². The number of hydrogen-bond acceptors (Lipinski definition) is 6. The van der Waals surface area contributed by atoms with Crippen LogP contribution in [0.25, 0.3) is 11.1 Å². The van der Waals surface area contributed by atoms with Crippen LogP contribution in [-0.2, 0) is 23.1 Å². The smallest absolute Gasteiger partial charge is 0.333 e. The normalized spacial score (nSPS) is 18.0. The Balaban J connectivity index is 1.61. The number of methoxy groups -OCH3 is 1. The second-order valence-electron chi connectivity index (χ2n) is 9.52. The molecule has 2 aromatic rings. The molecule has 1 aromatic carbocycles. The van der Waals surface area contributed by atoms with Crippen molar-refractivity contribution >= 4 is 21.9 Å². The number of pyridine rings is 1. The number of nitrogens with one attached hydrogen (secondary N) is 2. The number of likely N-dealkylation sites (tertiary alicyclic amines) is 1. The summed E-state index contributed by atoms with van der Waals surface area (Å²) in [6.07, 6.45) is 2.22. The molecule has 2 N–H and O–H groups in total. The Kier molecular flexibility index (Phi) is 7.81. The topological polar surface area (TPSA) is 104 Å². The Morgan fingerprint density at radius 3 is 2.73 bits per heavy atom. The molecule has 0 radical (unpaired) electrons. The number of hydrogen-bond donors (Lipinski definition) is 2. The van der Waals surface area contributed by atoms with Crippen molar-refractivity contribution in [3.63, 3.8) is 0 Å². The number of halogens is 2. The van der Waals surface area contributed by atoms with Crippen molar-refractivity contribution in [2.24, 2.45) is 0 Å². The van der Waals surface area contributed by atoms with Gasteiger partial charge in [-0.2, -0.15) is 21.5 Å². The molecule has 1 fully saturated rings. The number of carbonyl (C=O) groups is 1. The fraction of sp³-hybridized carbons (Fsp3) is 0.440. The Morgan fingerprint density at radius 2 is 2.03 bits per heavy atom. The van der Waals surface area contributed by atoms with Gasteiger partial charge in [0.1, 0.15) is 0 Å². The largest absolute Gasteiger partial charge is 0.481 e. The van der Waals surface area contributed by atoms with E-state index in [1.54, 1.807) is 30.3 Å². The van der Waals surface area contributed by atoms with Crippen LogP contribution in [0.5, 0.6) is 5.88 Å². The second kappa shape index (κ2) is 10.7. The molecular formula is C25H31F2N5O4S. The van der Waals surface area contributed by atoms with Gasteiger partial charge in [0.2, 0.25) is 5.88 Å². The molecule has 1 aliphatic carbocycles. The van der Waals surface area contributed by atoms with Crippen molar-refractivity contribution in [2.75, 3.05) is 39.6 Å². The van der Waals surface area contributed by atoms with Gasteiger partial charge >= 0.3 is 16.2 Å². The lowest BCUT2D eigenvalue weighted by Crippen LogP contribution is -2.52. The van der Waals surface area contributed by atoms with Gasteiger partial charge in [-0.25, -0.2) is 14.5 Å². The van der Waals surface area contributed by atoms with Crippen LogP contribution in [0.3, 0.4) is 0 Å². The van der Waals surface area contributed by atoms with E-state index < -0.39 is 28.4 Å². The van der Waals surface area contributed by atoms with Gasteiger partial charge in [-0.15, -0.1) is 0 Å². The lowest BCUT2D eigenvalue weighted by atomic mass is 9.93. The molecule has 1 unspecified atom stereocenters. The Bertz CT molecular complexity index is 1340. The van der Waals surface area contributed by atoms with Gasteiger partial charge in [0.15, 0.2) is 0 Å². The van der Waals surface area contributed by atoms with E-state index in [2.05, 4.69) is 21.1 Å². The number of carbonyl (C=O) groups excluding carboxylic acids is 1. The number of nitrogens with zero attached hydrogens (tertiary/aromatic N) is 3. The van der Waals surface area contributed by atoms with Crippen LogP contribution in [0, 0.1) is 6.92 Å². The van der Waals surface area contributed by atoms with Crippen molar-refractivity contribution in [3.8, 4) is 17.0 Å². The fourth-order valence-corrected chi connectivity index (χ4v) is 6.11. The van der Waals surface area contributed by atoms with E-state index in [-0.39, 0.29) is 25.1 Å². The van der Waals surface area contributed by atoms with Gasteiger partial charge in [0, 0.05) is 49.6 Å². The van der Waals surface area contributed by atoms with Crippen molar-refractivity contribution in [1.29, 1.82) is 0 Å². The van der Waals surface area contributed by atoms with Crippen LogP contribution in [0.4, 0.5) is 19.3 Å². The maximum absolute atomic E-state index is 13.2. The molecule has 1 aromatic heterocycles. The van der Waals surface area contributed by atoms with E-state index in [1.807, 2.05) is 6.92 Å². The quantitative estimate of drug-likeness (QED) is 0.585. The summed E-state index contributed by atoms with van der Waals surface area (Å²) in [5.41, 5.74) is 4.93. The van der Waals surface area contributed by atoms with E-state index in [0.717, 1.165) is 51.4 Å². The molecule has 4 rings (SSSR count). The van der Waals surface area contributed by atoms with Crippen molar-refractivity contribution in [2.45, 2.75) is 38.6 Å². The van der Waals surface area contributed by atoms with Crippen LogP contribution in [0.15, 0.2) is 36.0 Å². The summed E-state index contributed by atoms with van der Waals surface area (Å²) in [5, 5.41) is 2.78. The summed E-state index contributed by atoms with van der Waals surface area (Å²) < 4.78 is 60.9. The number of aryl methyl sites for hydroxylation is 2. The minimum absolute atomic E-state index is 0.0711. The van der Waals surface area contributed by atoms with Gasteiger partial charge in [-0.05, 0) is 68.0 Å². The maximum atomic E-state index is 13.2. The molecule has 2 amide bonds. The van der Waals surface area contributed by atoms with Gasteiger partial charge in [0.05, 0.1) is 12.8 Å². The highest BCUT2D eigenvalue weighted by molar-refractivity contribution is 7.87.